The Morgan fingerprint density at radius 2 is 2.00 bits per heavy atom. The lowest BCUT2D eigenvalue weighted by Gasteiger charge is -2.54. The van der Waals surface area contributed by atoms with Crippen LogP contribution in [0.2, 0.25) is 0 Å². The summed E-state index contributed by atoms with van der Waals surface area (Å²) in [6.07, 6.45) is 6.90. The number of para-hydroxylation sites is 1. The van der Waals surface area contributed by atoms with Gasteiger partial charge in [0.2, 0.25) is 0 Å². The van der Waals surface area contributed by atoms with Crippen molar-refractivity contribution in [2.75, 3.05) is 19.0 Å². The Kier molecular flexibility index (Phi) is 4.51. The molecule has 2 unspecified atom stereocenters. The Morgan fingerprint density at radius 1 is 1.24 bits per heavy atom. The second-order valence-corrected chi connectivity index (χ2v) is 6.41. The van der Waals surface area contributed by atoms with E-state index in [4.69, 9.17) is 9.47 Å². The third-order valence-corrected chi connectivity index (χ3v) is 5.33. The zero-order chi connectivity index (χ0) is 14.7. The molecule has 1 aromatic carbocycles. The fourth-order valence-corrected chi connectivity index (χ4v) is 4.22. The largest absolute Gasteiger partial charge is 0.381 e. The maximum absolute atomic E-state index is 6.00. The SMILES string of the molecule is CCOC1CC(Nc2ccccc2COC)C12CCCC2. The van der Waals surface area contributed by atoms with Gasteiger partial charge in [-0.2, -0.15) is 0 Å². The van der Waals surface area contributed by atoms with Gasteiger partial charge in [-0.3, -0.25) is 0 Å². The molecule has 3 nitrogen and oxygen atoms in total. The quantitative estimate of drug-likeness (QED) is 0.859. The molecule has 0 heterocycles. The third kappa shape index (κ3) is 2.69. The molecule has 2 fully saturated rings. The summed E-state index contributed by atoms with van der Waals surface area (Å²) in [4.78, 5) is 0. The highest BCUT2D eigenvalue weighted by Crippen LogP contribution is 2.55. The number of rotatable bonds is 6. The minimum atomic E-state index is 0.371. The van der Waals surface area contributed by atoms with Gasteiger partial charge in [-0.15, -0.1) is 0 Å². The molecule has 0 bridgehead atoms. The average Bonchev–Trinajstić information content (AvgIpc) is 3.01. The van der Waals surface area contributed by atoms with E-state index < -0.39 is 0 Å². The van der Waals surface area contributed by atoms with Crippen LogP contribution in [0.3, 0.4) is 0 Å². The van der Waals surface area contributed by atoms with Gasteiger partial charge in [-0.05, 0) is 32.3 Å². The Hall–Kier alpha value is -1.06. The van der Waals surface area contributed by atoms with Crippen molar-refractivity contribution in [2.24, 2.45) is 5.41 Å². The van der Waals surface area contributed by atoms with E-state index in [-0.39, 0.29) is 0 Å². The van der Waals surface area contributed by atoms with Crippen LogP contribution in [0.4, 0.5) is 5.69 Å². The normalized spacial score (nSPS) is 26.8. The van der Waals surface area contributed by atoms with E-state index in [9.17, 15) is 0 Å². The Balaban J connectivity index is 1.73. The summed E-state index contributed by atoms with van der Waals surface area (Å²) in [6.45, 7) is 3.61. The predicted molar refractivity (Wildman–Crippen MR) is 85.5 cm³/mol. The van der Waals surface area contributed by atoms with E-state index >= 15 is 0 Å². The molecule has 116 valence electrons. The number of benzene rings is 1. The molecule has 0 amide bonds. The molecule has 0 aromatic heterocycles. The molecule has 21 heavy (non-hydrogen) atoms. The first kappa shape index (κ1) is 14.9. The lowest BCUT2D eigenvalue weighted by atomic mass is 9.60. The Morgan fingerprint density at radius 3 is 2.71 bits per heavy atom. The van der Waals surface area contributed by atoms with Gasteiger partial charge in [-0.25, -0.2) is 0 Å². The molecule has 2 atom stereocenters. The number of nitrogens with one attached hydrogen (secondary N) is 1. The highest BCUT2D eigenvalue weighted by atomic mass is 16.5. The van der Waals surface area contributed by atoms with Crippen LogP contribution in [-0.4, -0.2) is 25.9 Å². The first-order valence-electron chi connectivity index (χ1n) is 8.25. The van der Waals surface area contributed by atoms with E-state index in [0.29, 0.717) is 24.2 Å². The summed E-state index contributed by atoms with van der Waals surface area (Å²) in [5, 5.41) is 3.79. The fraction of sp³-hybridized carbons (Fsp3) is 0.667. The van der Waals surface area contributed by atoms with Crippen LogP contribution < -0.4 is 5.32 Å². The van der Waals surface area contributed by atoms with Crippen LogP contribution >= 0.6 is 0 Å². The minimum absolute atomic E-state index is 0.371. The third-order valence-electron chi connectivity index (χ3n) is 5.33. The van der Waals surface area contributed by atoms with Gasteiger partial charge >= 0.3 is 0 Å². The minimum Gasteiger partial charge on any atom is -0.381 e. The number of hydrogen-bond acceptors (Lipinski definition) is 3. The molecular formula is C18H27NO2. The number of anilines is 1. The number of methoxy groups -OCH3 is 1. The summed E-state index contributed by atoms with van der Waals surface area (Å²) in [5.41, 5.74) is 2.84. The van der Waals surface area contributed by atoms with Gasteiger partial charge in [-0.1, -0.05) is 31.0 Å². The zero-order valence-electron chi connectivity index (χ0n) is 13.2. The molecule has 0 aliphatic heterocycles. The van der Waals surface area contributed by atoms with E-state index in [2.05, 4.69) is 36.5 Å². The van der Waals surface area contributed by atoms with Gasteiger partial charge in [0.1, 0.15) is 0 Å². The molecule has 0 saturated heterocycles. The van der Waals surface area contributed by atoms with Crippen molar-refractivity contribution in [3.63, 3.8) is 0 Å². The van der Waals surface area contributed by atoms with Crippen molar-refractivity contribution < 1.29 is 9.47 Å². The summed E-state index contributed by atoms with van der Waals surface area (Å²) >= 11 is 0. The Labute approximate surface area is 128 Å². The van der Waals surface area contributed by atoms with Crippen molar-refractivity contribution in [3.05, 3.63) is 29.8 Å². The van der Waals surface area contributed by atoms with Crippen LogP contribution in [0.15, 0.2) is 24.3 Å². The van der Waals surface area contributed by atoms with Crippen LogP contribution in [0.1, 0.15) is 44.6 Å². The first-order chi connectivity index (χ1) is 10.3. The maximum atomic E-state index is 6.00. The van der Waals surface area contributed by atoms with Crippen molar-refractivity contribution >= 4 is 5.69 Å². The number of ether oxygens (including phenoxy) is 2. The van der Waals surface area contributed by atoms with Gasteiger partial charge in [0, 0.05) is 36.4 Å². The molecule has 3 rings (SSSR count). The van der Waals surface area contributed by atoms with Crippen LogP contribution in [0.5, 0.6) is 0 Å². The molecule has 0 radical (unpaired) electrons. The summed E-state index contributed by atoms with van der Waals surface area (Å²) in [7, 11) is 1.75. The van der Waals surface area contributed by atoms with Gasteiger partial charge < -0.3 is 14.8 Å². The molecule has 1 N–H and O–H groups in total. The molecule has 3 heteroatoms. The highest BCUT2D eigenvalue weighted by Gasteiger charge is 2.56. The maximum Gasteiger partial charge on any atom is 0.0733 e. The smallest absolute Gasteiger partial charge is 0.0733 e. The molecular weight excluding hydrogens is 262 g/mol. The second-order valence-electron chi connectivity index (χ2n) is 6.41. The second kappa shape index (κ2) is 6.37. The lowest BCUT2D eigenvalue weighted by molar-refractivity contribution is -0.114. The van der Waals surface area contributed by atoms with Crippen LogP contribution in [-0.2, 0) is 16.1 Å². The fourth-order valence-electron chi connectivity index (χ4n) is 4.22. The standard InChI is InChI=1S/C18H27NO2/c1-3-21-17-12-16(18(17)10-6-7-11-18)19-15-9-5-4-8-14(15)13-20-2/h4-5,8-9,16-17,19H,3,6-7,10-13H2,1-2H3. The van der Waals surface area contributed by atoms with Crippen molar-refractivity contribution in [1.82, 2.24) is 0 Å². The number of hydrogen-bond donors (Lipinski definition) is 1. The topological polar surface area (TPSA) is 30.5 Å². The zero-order valence-corrected chi connectivity index (χ0v) is 13.2. The molecule has 2 aliphatic rings. The summed E-state index contributed by atoms with van der Waals surface area (Å²) in [5.74, 6) is 0. The van der Waals surface area contributed by atoms with Crippen LogP contribution in [0, 0.1) is 5.41 Å². The first-order valence-corrected chi connectivity index (χ1v) is 8.25. The monoisotopic (exact) mass is 289 g/mol. The summed E-state index contributed by atoms with van der Waals surface area (Å²) < 4.78 is 11.3. The van der Waals surface area contributed by atoms with E-state index in [1.807, 2.05) is 0 Å². The molecule has 2 saturated carbocycles. The van der Waals surface area contributed by atoms with Crippen LogP contribution in [0.25, 0.3) is 0 Å². The van der Waals surface area contributed by atoms with Crippen molar-refractivity contribution in [1.29, 1.82) is 0 Å². The Bertz CT molecular complexity index is 468. The highest BCUT2D eigenvalue weighted by molar-refractivity contribution is 5.52. The van der Waals surface area contributed by atoms with E-state index in [0.717, 1.165) is 13.0 Å². The van der Waals surface area contributed by atoms with Crippen molar-refractivity contribution in [2.45, 2.75) is 57.8 Å². The average molecular weight is 289 g/mol. The summed E-state index contributed by atoms with van der Waals surface area (Å²) in [6, 6.07) is 9.04. The molecule has 1 spiro atoms. The van der Waals surface area contributed by atoms with Gasteiger partial charge in [0.15, 0.2) is 0 Å². The molecule has 2 aliphatic carbocycles. The van der Waals surface area contributed by atoms with Gasteiger partial charge in [0.25, 0.3) is 0 Å². The lowest BCUT2D eigenvalue weighted by Crippen LogP contribution is -2.60. The predicted octanol–water partition coefficient (Wildman–Crippen LogP) is 3.98. The molecule has 1 aromatic rings. The van der Waals surface area contributed by atoms with Gasteiger partial charge in [0.05, 0.1) is 12.7 Å². The van der Waals surface area contributed by atoms with E-state index in [1.165, 1.54) is 36.9 Å². The van der Waals surface area contributed by atoms with Crippen molar-refractivity contribution in [3.8, 4) is 0 Å². The van der Waals surface area contributed by atoms with E-state index in [1.54, 1.807) is 7.11 Å².